The highest BCUT2D eigenvalue weighted by atomic mass is 16.6. The highest BCUT2D eigenvalue weighted by molar-refractivity contribution is 6.23. The minimum atomic E-state index is -1.10. The Kier molecular flexibility index (Phi) is 5.70. The Bertz CT molecular complexity index is 1350. The van der Waals surface area contributed by atoms with E-state index in [9.17, 15) is 24.0 Å². The summed E-state index contributed by atoms with van der Waals surface area (Å²) in [5, 5.41) is 9.05. The van der Waals surface area contributed by atoms with Crippen molar-refractivity contribution in [3.8, 4) is 5.75 Å². The molecule has 10 nitrogen and oxygen atoms in total. The number of rotatable bonds is 7. The number of esters is 2. The number of amides is 2. The zero-order valence-corrected chi connectivity index (χ0v) is 20.6. The van der Waals surface area contributed by atoms with Crippen LogP contribution in [0.3, 0.4) is 0 Å². The maximum absolute atomic E-state index is 12.9. The first-order valence-electron chi connectivity index (χ1n) is 12.7. The van der Waals surface area contributed by atoms with Crippen LogP contribution in [0, 0.1) is 11.3 Å². The summed E-state index contributed by atoms with van der Waals surface area (Å²) >= 11 is 0. The van der Waals surface area contributed by atoms with Gasteiger partial charge in [0.2, 0.25) is 0 Å². The summed E-state index contributed by atoms with van der Waals surface area (Å²) in [6.45, 7) is 2.43. The first kappa shape index (κ1) is 24.1. The van der Waals surface area contributed by atoms with Gasteiger partial charge in [-0.25, -0.2) is 9.59 Å². The third-order valence-corrected chi connectivity index (χ3v) is 8.08. The molecule has 2 aromatic rings. The molecule has 0 bridgehead atoms. The highest BCUT2D eigenvalue weighted by Gasteiger charge is 2.52. The largest absolute Gasteiger partial charge is 0.494 e. The van der Waals surface area contributed by atoms with E-state index in [0.717, 1.165) is 42.9 Å². The molecule has 2 aromatic carbocycles. The van der Waals surface area contributed by atoms with Crippen molar-refractivity contribution in [1.29, 1.82) is 0 Å². The van der Waals surface area contributed by atoms with E-state index in [1.54, 1.807) is 18.2 Å². The number of aromatic carboxylic acids is 1. The molecule has 1 aliphatic carbocycles. The molecule has 6 rings (SSSR count). The van der Waals surface area contributed by atoms with Crippen molar-refractivity contribution >= 4 is 35.4 Å². The number of fused-ring (bicyclic) bond motifs is 1. The second kappa shape index (κ2) is 8.97. The summed E-state index contributed by atoms with van der Waals surface area (Å²) < 4.78 is 10.5. The average Bonchev–Trinajstić information content (AvgIpc) is 3.09. The molecule has 2 amide bonds. The summed E-state index contributed by atoms with van der Waals surface area (Å²) in [6.07, 6.45) is 3.15. The number of carbonyl (C=O) groups is 5. The van der Waals surface area contributed by atoms with E-state index in [1.165, 1.54) is 12.1 Å². The maximum atomic E-state index is 12.9. The van der Waals surface area contributed by atoms with Crippen LogP contribution in [0.1, 0.15) is 63.2 Å². The first-order chi connectivity index (χ1) is 18.2. The molecule has 196 valence electrons. The number of hydrogen-bond acceptors (Lipinski definition) is 8. The lowest BCUT2D eigenvalue weighted by atomic mass is 9.57. The molecule has 3 heterocycles. The van der Waals surface area contributed by atoms with Crippen LogP contribution < -0.4 is 9.64 Å². The third kappa shape index (κ3) is 4.09. The Morgan fingerprint density at radius 3 is 2.39 bits per heavy atom. The van der Waals surface area contributed by atoms with Crippen molar-refractivity contribution in [1.82, 2.24) is 4.90 Å². The topological polar surface area (TPSA) is 131 Å². The van der Waals surface area contributed by atoms with Gasteiger partial charge in [-0.1, -0.05) is 0 Å². The van der Waals surface area contributed by atoms with Gasteiger partial charge >= 0.3 is 17.9 Å². The summed E-state index contributed by atoms with van der Waals surface area (Å²) in [4.78, 5) is 63.3. The fourth-order valence-electron chi connectivity index (χ4n) is 6.18. The van der Waals surface area contributed by atoms with Crippen molar-refractivity contribution in [2.75, 3.05) is 24.6 Å². The van der Waals surface area contributed by atoms with Crippen LogP contribution in [0.15, 0.2) is 42.5 Å². The van der Waals surface area contributed by atoms with Crippen LogP contribution in [0.25, 0.3) is 0 Å². The number of nitrogens with zero attached hydrogens (tertiary/aromatic N) is 2. The van der Waals surface area contributed by atoms with Gasteiger partial charge < -0.3 is 19.5 Å². The molecular formula is C28H26N2O8. The fourth-order valence-corrected chi connectivity index (χ4v) is 6.18. The van der Waals surface area contributed by atoms with Crippen molar-refractivity contribution in [3.63, 3.8) is 0 Å². The van der Waals surface area contributed by atoms with Crippen LogP contribution in [-0.4, -0.2) is 65.5 Å². The molecule has 0 aromatic heterocycles. The van der Waals surface area contributed by atoms with Gasteiger partial charge in [0.05, 0.1) is 23.3 Å². The number of hydrogen-bond donors (Lipinski definition) is 1. The molecule has 1 N–H and O–H groups in total. The van der Waals surface area contributed by atoms with Crippen molar-refractivity contribution in [2.45, 2.75) is 38.1 Å². The number of carboxylic acid groups (broad SMARTS) is 1. The van der Waals surface area contributed by atoms with Gasteiger partial charge in [0.15, 0.2) is 0 Å². The lowest BCUT2D eigenvalue weighted by Gasteiger charge is -2.60. The summed E-state index contributed by atoms with van der Waals surface area (Å²) in [5.41, 5.74) is 2.05. The maximum Gasteiger partial charge on any atom is 0.337 e. The van der Waals surface area contributed by atoms with Gasteiger partial charge in [0.25, 0.3) is 11.8 Å². The van der Waals surface area contributed by atoms with Crippen molar-refractivity contribution in [2.24, 2.45) is 11.3 Å². The molecule has 10 heteroatoms. The Morgan fingerprint density at radius 2 is 1.71 bits per heavy atom. The third-order valence-electron chi connectivity index (χ3n) is 8.08. The van der Waals surface area contributed by atoms with Gasteiger partial charge in [0, 0.05) is 30.6 Å². The average molecular weight is 519 g/mol. The summed E-state index contributed by atoms with van der Waals surface area (Å²) in [5.74, 6) is -2.57. The van der Waals surface area contributed by atoms with Gasteiger partial charge in [-0.05, 0) is 74.1 Å². The number of carbonyl (C=O) groups excluding carboxylic acids is 4. The number of cyclic esters (lactones) is 2. The number of imide groups is 1. The van der Waals surface area contributed by atoms with E-state index in [1.807, 2.05) is 12.1 Å². The Morgan fingerprint density at radius 1 is 1.00 bits per heavy atom. The Hall–Kier alpha value is -4.21. The van der Waals surface area contributed by atoms with Gasteiger partial charge in [0.1, 0.15) is 11.8 Å². The highest BCUT2D eigenvalue weighted by Crippen LogP contribution is 2.54. The van der Waals surface area contributed by atoms with E-state index in [0.29, 0.717) is 23.7 Å². The van der Waals surface area contributed by atoms with Crippen LogP contribution >= 0.6 is 0 Å². The Labute approximate surface area is 218 Å². The first-order valence-corrected chi connectivity index (χ1v) is 12.7. The van der Waals surface area contributed by atoms with E-state index in [4.69, 9.17) is 9.84 Å². The molecule has 3 aliphatic heterocycles. The summed E-state index contributed by atoms with van der Waals surface area (Å²) in [6, 6.07) is 10.6. The molecule has 1 unspecified atom stereocenters. The van der Waals surface area contributed by atoms with Crippen LogP contribution in [0.4, 0.5) is 5.69 Å². The zero-order valence-electron chi connectivity index (χ0n) is 20.6. The van der Waals surface area contributed by atoms with Gasteiger partial charge in [-0.3, -0.25) is 19.3 Å². The predicted molar refractivity (Wildman–Crippen MR) is 132 cm³/mol. The van der Waals surface area contributed by atoms with Gasteiger partial charge in [-0.15, -0.1) is 0 Å². The standard InChI is InChI=1S/C28H26N2O8/c31-23-8-7-22(27(36)38-23)30-24(32)20-6-5-19(11-21(20)25(30)33)37-10-9-16-12-28(13-16)14-29(15-28)18-3-1-17(2-4-18)26(34)35/h1-6,11,16,22H,7-10,12-15H2,(H,34,35). The number of ether oxygens (including phenoxy) is 2. The lowest BCUT2D eigenvalue weighted by Crippen LogP contribution is -2.62. The van der Waals surface area contributed by atoms with Crippen molar-refractivity contribution in [3.05, 3.63) is 59.2 Å². The van der Waals surface area contributed by atoms with E-state index >= 15 is 0 Å². The normalized spacial score (nSPS) is 22.2. The second-order valence-electron chi connectivity index (χ2n) is 10.7. The smallest absolute Gasteiger partial charge is 0.337 e. The van der Waals surface area contributed by atoms with E-state index in [-0.39, 0.29) is 29.5 Å². The molecule has 2 saturated heterocycles. The van der Waals surface area contributed by atoms with Gasteiger partial charge in [-0.2, -0.15) is 0 Å². The van der Waals surface area contributed by atoms with Crippen LogP contribution in [0.5, 0.6) is 5.75 Å². The molecule has 38 heavy (non-hydrogen) atoms. The minimum Gasteiger partial charge on any atom is -0.494 e. The quantitative estimate of drug-likeness (QED) is 0.334. The Balaban J connectivity index is 0.982. The number of anilines is 1. The predicted octanol–water partition coefficient (Wildman–Crippen LogP) is 2.90. The van der Waals surface area contributed by atoms with E-state index < -0.39 is 35.8 Å². The second-order valence-corrected chi connectivity index (χ2v) is 10.7. The van der Waals surface area contributed by atoms with Crippen molar-refractivity contribution < 1.29 is 38.6 Å². The molecule has 1 saturated carbocycles. The molecule has 1 atom stereocenters. The van der Waals surface area contributed by atoms with E-state index in [2.05, 4.69) is 9.64 Å². The number of carboxylic acids is 1. The molecule has 1 spiro atoms. The van der Waals surface area contributed by atoms with Crippen LogP contribution in [-0.2, 0) is 14.3 Å². The zero-order chi connectivity index (χ0) is 26.6. The molecule has 4 aliphatic rings. The fraction of sp³-hybridized carbons (Fsp3) is 0.393. The SMILES string of the molecule is O=C1CCC(N2C(=O)c3ccc(OCCC4CC5(C4)CN(c4ccc(C(=O)O)cc4)C5)cc3C2=O)C(=O)O1. The lowest BCUT2D eigenvalue weighted by molar-refractivity contribution is -0.167. The molecule has 0 radical (unpaired) electrons. The van der Waals surface area contributed by atoms with Crippen LogP contribution in [0.2, 0.25) is 0 Å². The monoisotopic (exact) mass is 518 g/mol. The molecular weight excluding hydrogens is 492 g/mol. The minimum absolute atomic E-state index is 0.0292. The summed E-state index contributed by atoms with van der Waals surface area (Å²) in [7, 11) is 0. The molecule has 3 fully saturated rings. The number of benzene rings is 2.